The van der Waals surface area contributed by atoms with Gasteiger partial charge in [0.05, 0.1) is 6.10 Å². The molecule has 2 amide bonds. The number of anilines is 1. The van der Waals surface area contributed by atoms with Crippen LogP contribution in [0.5, 0.6) is 0 Å². The number of nitrogens with one attached hydrogen (secondary N) is 1. The summed E-state index contributed by atoms with van der Waals surface area (Å²) in [5.41, 5.74) is 2.01. The van der Waals surface area contributed by atoms with E-state index in [0.29, 0.717) is 13.0 Å². The summed E-state index contributed by atoms with van der Waals surface area (Å²) in [6.07, 6.45) is 4.34. The predicted molar refractivity (Wildman–Crippen MR) is 88.3 cm³/mol. The van der Waals surface area contributed by atoms with Gasteiger partial charge in [-0.1, -0.05) is 18.2 Å². The molecule has 0 aromatic heterocycles. The van der Waals surface area contributed by atoms with Gasteiger partial charge in [0.2, 0.25) is 11.8 Å². The van der Waals surface area contributed by atoms with Crippen molar-refractivity contribution in [1.82, 2.24) is 5.32 Å². The fraction of sp³-hybridized carbons (Fsp3) is 0.556. The quantitative estimate of drug-likeness (QED) is 0.925. The normalized spacial score (nSPS) is 22.4. The van der Waals surface area contributed by atoms with Crippen molar-refractivity contribution >= 4 is 17.5 Å². The van der Waals surface area contributed by atoms with Gasteiger partial charge in [-0.3, -0.25) is 14.5 Å². The van der Waals surface area contributed by atoms with Gasteiger partial charge in [-0.05, 0) is 44.2 Å². The lowest BCUT2D eigenvalue weighted by Crippen LogP contribution is -2.49. The van der Waals surface area contributed by atoms with Crippen LogP contribution in [0.15, 0.2) is 24.3 Å². The molecule has 0 aliphatic carbocycles. The van der Waals surface area contributed by atoms with Crippen LogP contribution < -0.4 is 10.2 Å². The zero-order chi connectivity index (χ0) is 16.2. The van der Waals surface area contributed by atoms with Gasteiger partial charge in [0.25, 0.3) is 0 Å². The first kappa shape index (κ1) is 16.0. The highest BCUT2D eigenvalue weighted by Gasteiger charge is 2.30. The number of ether oxygens (including phenoxy) is 1. The minimum absolute atomic E-state index is 0.0229. The van der Waals surface area contributed by atoms with Gasteiger partial charge < -0.3 is 10.1 Å². The highest BCUT2D eigenvalue weighted by molar-refractivity contribution is 6.01. The summed E-state index contributed by atoms with van der Waals surface area (Å²) in [5.74, 6) is -0.0970. The average Bonchev–Trinajstić information content (AvgIpc) is 3.01. The lowest BCUT2D eigenvalue weighted by Gasteiger charge is -2.29. The summed E-state index contributed by atoms with van der Waals surface area (Å²) in [6, 6.07) is 7.36. The van der Waals surface area contributed by atoms with Crippen LogP contribution in [0, 0.1) is 0 Å². The first-order valence-electron chi connectivity index (χ1n) is 8.46. The number of nitrogens with zero attached hydrogens (tertiary/aromatic N) is 1. The van der Waals surface area contributed by atoms with Crippen LogP contribution in [0.1, 0.15) is 38.2 Å². The van der Waals surface area contributed by atoms with Gasteiger partial charge in [0.1, 0.15) is 6.04 Å². The molecule has 0 saturated carbocycles. The van der Waals surface area contributed by atoms with Crippen LogP contribution >= 0.6 is 0 Å². The lowest BCUT2D eigenvalue weighted by molar-refractivity contribution is -0.126. The summed E-state index contributed by atoms with van der Waals surface area (Å²) in [7, 11) is 0. The summed E-state index contributed by atoms with van der Waals surface area (Å²) < 4.78 is 5.53. The zero-order valence-electron chi connectivity index (χ0n) is 13.6. The number of para-hydroxylation sites is 1. The van der Waals surface area contributed by atoms with Crippen LogP contribution in [-0.4, -0.2) is 37.1 Å². The molecule has 1 aromatic carbocycles. The van der Waals surface area contributed by atoms with Crippen molar-refractivity contribution in [1.29, 1.82) is 0 Å². The number of fused-ring (bicyclic) bond motifs is 1. The second kappa shape index (κ2) is 7.13. The van der Waals surface area contributed by atoms with Crippen molar-refractivity contribution in [3.8, 4) is 0 Å². The van der Waals surface area contributed by atoms with Crippen LogP contribution in [0.3, 0.4) is 0 Å². The number of hydrogen-bond acceptors (Lipinski definition) is 3. The maximum atomic E-state index is 12.5. The van der Waals surface area contributed by atoms with Gasteiger partial charge in [0, 0.05) is 25.3 Å². The molecule has 2 atom stereocenters. The molecule has 0 unspecified atom stereocenters. The van der Waals surface area contributed by atoms with E-state index in [-0.39, 0.29) is 17.9 Å². The second-order valence-corrected chi connectivity index (χ2v) is 6.30. The average molecular weight is 316 g/mol. The summed E-state index contributed by atoms with van der Waals surface area (Å²) >= 11 is 0. The summed E-state index contributed by atoms with van der Waals surface area (Å²) in [5, 5.41) is 2.94. The van der Waals surface area contributed by atoms with Gasteiger partial charge in [-0.15, -0.1) is 0 Å². The molecular formula is C18H24N2O3. The third-order valence-corrected chi connectivity index (χ3v) is 4.65. The Morgan fingerprint density at radius 1 is 1.35 bits per heavy atom. The van der Waals surface area contributed by atoms with E-state index in [4.69, 9.17) is 4.74 Å². The van der Waals surface area contributed by atoms with Crippen molar-refractivity contribution in [3.05, 3.63) is 29.8 Å². The highest BCUT2D eigenvalue weighted by Crippen LogP contribution is 2.28. The molecule has 23 heavy (non-hydrogen) atoms. The molecule has 5 nitrogen and oxygen atoms in total. The van der Waals surface area contributed by atoms with E-state index >= 15 is 0 Å². The van der Waals surface area contributed by atoms with E-state index in [2.05, 4.69) is 5.32 Å². The maximum absolute atomic E-state index is 12.5. The topological polar surface area (TPSA) is 58.6 Å². The Morgan fingerprint density at radius 3 is 2.96 bits per heavy atom. The molecule has 2 aliphatic rings. The van der Waals surface area contributed by atoms with Gasteiger partial charge in [-0.25, -0.2) is 0 Å². The van der Waals surface area contributed by atoms with E-state index < -0.39 is 6.04 Å². The van der Waals surface area contributed by atoms with Crippen molar-refractivity contribution < 1.29 is 14.3 Å². The Hall–Kier alpha value is -1.88. The molecule has 1 saturated heterocycles. The third-order valence-electron chi connectivity index (χ3n) is 4.65. The number of aryl methyl sites for hydroxylation is 1. The van der Waals surface area contributed by atoms with Crippen LogP contribution in [-0.2, 0) is 20.7 Å². The number of amides is 2. The Morgan fingerprint density at radius 2 is 2.17 bits per heavy atom. The lowest BCUT2D eigenvalue weighted by atomic mass is 10.1. The van der Waals surface area contributed by atoms with E-state index in [1.165, 1.54) is 0 Å². The van der Waals surface area contributed by atoms with Crippen LogP contribution in [0.4, 0.5) is 5.69 Å². The number of rotatable bonds is 4. The Kier molecular flexibility index (Phi) is 4.96. The molecule has 1 aromatic rings. The van der Waals surface area contributed by atoms with Crippen LogP contribution in [0.2, 0.25) is 0 Å². The van der Waals surface area contributed by atoms with E-state index in [0.717, 1.165) is 43.5 Å². The van der Waals surface area contributed by atoms with Gasteiger partial charge >= 0.3 is 0 Å². The second-order valence-electron chi connectivity index (χ2n) is 6.30. The number of carbonyl (C=O) groups is 2. The molecule has 1 fully saturated rings. The maximum Gasteiger partial charge on any atom is 0.242 e. The number of benzene rings is 1. The minimum atomic E-state index is -0.511. The Bertz CT molecular complexity index is 581. The monoisotopic (exact) mass is 316 g/mol. The summed E-state index contributed by atoms with van der Waals surface area (Å²) in [6.45, 7) is 3.09. The highest BCUT2D eigenvalue weighted by atomic mass is 16.5. The zero-order valence-corrected chi connectivity index (χ0v) is 13.6. The molecule has 2 heterocycles. The fourth-order valence-corrected chi connectivity index (χ4v) is 3.35. The van der Waals surface area contributed by atoms with Crippen LogP contribution in [0.25, 0.3) is 0 Å². The Labute approximate surface area is 137 Å². The molecule has 3 rings (SSSR count). The molecule has 2 aliphatic heterocycles. The van der Waals surface area contributed by atoms with Crippen molar-refractivity contribution in [2.45, 2.75) is 51.2 Å². The van der Waals surface area contributed by atoms with E-state index in [9.17, 15) is 9.59 Å². The molecule has 0 radical (unpaired) electrons. The van der Waals surface area contributed by atoms with Crippen molar-refractivity contribution in [2.24, 2.45) is 0 Å². The smallest absolute Gasteiger partial charge is 0.242 e. The molecule has 0 spiro atoms. The van der Waals surface area contributed by atoms with E-state index in [1.54, 1.807) is 11.8 Å². The number of carbonyl (C=O) groups excluding carboxylic acids is 2. The first-order valence-corrected chi connectivity index (χ1v) is 8.46. The number of hydrogen-bond donors (Lipinski definition) is 1. The fourth-order valence-electron chi connectivity index (χ4n) is 3.35. The first-order chi connectivity index (χ1) is 11.2. The molecule has 0 bridgehead atoms. The van der Waals surface area contributed by atoms with Gasteiger partial charge in [-0.2, -0.15) is 0 Å². The SMILES string of the molecule is C[C@H](C(=O)NC[C@@H]1CCCO1)N1C(=O)CCCc2ccccc21. The Balaban J connectivity index is 1.72. The molecule has 1 N–H and O–H groups in total. The summed E-state index contributed by atoms with van der Waals surface area (Å²) in [4.78, 5) is 26.7. The standard InChI is InChI=1S/C18H24N2O3/c1-13(18(22)19-12-15-8-5-11-23-15)20-16-9-3-2-6-14(16)7-4-10-17(20)21/h2-3,6,9,13,15H,4-5,7-8,10-12H2,1H3,(H,19,22)/t13-,15+/m1/s1. The molecular weight excluding hydrogens is 292 g/mol. The third kappa shape index (κ3) is 3.55. The van der Waals surface area contributed by atoms with E-state index in [1.807, 2.05) is 24.3 Å². The van der Waals surface area contributed by atoms with Crippen molar-refractivity contribution in [2.75, 3.05) is 18.1 Å². The molecule has 124 valence electrons. The van der Waals surface area contributed by atoms with Crippen molar-refractivity contribution in [3.63, 3.8) is 0 Å². The largest absolute Gasteiger partial charge is 0.376 e. The van der Waals surface area contributed by atoms with Gasteiger partial charge in [0.15, 0.2) is 0 Å². The predicted octanol–water partition coefficient (Wildman–Crippen LogP) is 2.04. The minimum Gasteiger partial charge on any atom is -0.376 e. The molecule has 5 heteroatoms.